The molecule has 0 aromatic heterocycles. The van der Waals surface area contributed by atoms with E-state index >= 15 is 0 Å². The Bertz CT molecular complexity index is 950. The van der Waals surface area contributed by atoms with Crippen molar-refractivity contribution in [1.29, 1.82) is 0 Å². The third-order valence-electron chi connectivity index (χ3n) is 4.37. The van der Waals surface area contributed by atoms with E-state index in [4.69, 9.17) is 9.47 Å². The predicted octanol–water partition coefficient (Wildman–Crippen LogP) is 2.33. The van der Waals surface area contributed by atoms with E-state index < -0.39 is 15.8 Å². The number of ether oxygens (including phenoxy) is 2. The summed E-state index contributed by atoms with van der Waals surface area (Å²) in [6.45, 7) is 0.749. The first-order chi connectivity index (χ1) is 13.8. The molecule has 1 amide bonds. The molecule has 2 aromatic rings. The molecular weight excluding hydrogens is 399 g/mol. The molecule has 1 atom stereocenters. The molecule has 2 aromatic carbocycles. The number of carbonyl (C=O) groups excluding carboxylic acids is 1. The van der Waals surface area contributed by atoms with Gasteiger partial charge in [0, 0.05) is 13.0 Å². The lowest BCUT2D eigenvalue weighted by molar-refractivity contribution is -0.121. The smallest absolute Gasteiger partial charge is 0.232 e. The number of para-hydroxylation sites is 2. The molecule has 0 radical (unpaired) electrons. The minimum Gasteiger partial charge on any atom is -0.486 e. The minimum absolute atomic E-state index is 0.119. The maximum Gasteiger partial charge on any atom is 0.232 e. The Hall–Kier alpha value is -2.81. The summed E-state index contributed by atoms with van der Waals surface area (Å²) >= 11 is 0. The molecule has 3 rings (SSSR count). The Morgan fingerprint density at radius 1 is 1.17 bits per heavy atom. The SMILES string of the molecule is CS(=O)(=O)N(CCCC(=O)NC[C@H]1COc2ccccc2O1)c1ccc(F)cc1. The molecule has 0 spiro atoms. The second-order valence-electron chi connectivity index (χ2n) is 6.72. The van der Waals surface area contributed by atoms with Gasteiger partial charge in [-0.25, -0.2) is 12.8 Å². The number of rotatable bonds is 8. The van der Waals surface area contributed by atoms with Crippen LogP contribution in [0.3, 0.4) is 0 Å². The minimum atomic E-state index is -3.54. The van der Waals surface area contributed by atoms with Gasteiger partial charge in [-0.05, 0) is 42.8 Å². The third kappa shape index (κ3) is 5.83. The van der Waals surface area contributed by atoms with Crippen LogP contribution in [0, 0.1) is 5.82 Å². The van der Waals surface area contributed by atoms with Gasteiger partial charge >= 0.3 is 0 Å². The zero-order valence-electron chi connectivity index (χ0n) is 16.0. The number of anilines is 1. The molecule has 1 aliphatic heterocycles. The Morgan fingerprint density at radius 2 is 1.86 bits per heavy atom. The van der Waals surface area contributed by atoms with Gasteiger partial charge in [-0.2, -0.15) is 0 Å². The van der Waals surface area contributed by atoms with Gasteiger partial charge in [-0.3, -0.25) is 9.10 Å². The van der Waals surface area contributed by atoms with E-state index in [0.29, 0.717) is 36.8 Å². The fourth-order valence-corrected chi connectivity index (χ4v) is 3.92. The average molecular weight is 422 g/mol. The zero-order valence-corrected chi connectivity index (χ0v) is 16.8. The van der Waals surface area contributed by atoms with Crippen molar-refractivity contribution >= 4 is 21.6 Å². The van der Waals surface area contributed by atoms with Crippen LogP contribution in [0.1, 0.15) is 12.8 Å². The van der Waals surface area contributed by atoms with E-state index in [1.54, 1.807) is 6.07 Å². The maximum atomic E-state index is 13.1. The summed E-state index contributed by atoms with van der Waals surface area (Å²) in [5.41, 5.74) is 0.362. The monoisotopic (exact) mass is 422 g/mol. The highest BCUT2D eigenvalue weighted by Gasteiger charge is 2.21. The molecule has 9 heteroatoms. The maximum absolute atomic E-state index is 13.1. The Labute approximate surface area is 169 Å². The molecule has 0 unspecified atom stereocenters. The average Bonchev–Trinajstić information content (AvgIpc) is 2.69. The molecule has 156 valence electrons. The van der Waals surface area contributed by atoms with Crippen LogP contribution >= 0.6 is 0 Å². The molecular formula is C20H23FN2O5S. The lowest BCUT2D eigenvalue weighted by Gasteiger charge is -2.26. The van der Waals surface area contributed by atoms with Gasteiger partial charge in [0.25, 0.3) is 0 Å². The zero-order chi connectivity index (χ0) is 20.9. The van der Waals surface area contributed by atoms with Gasteiger partial charge < -0.3 is 14.8 Å². The summed E-state index contributed by atoms with van der Waals surface area (Å²) in [5.74, 6) is 0.663. The lowest BCUT2D eigenvalue weighted by atomic mass is 10.2. The second-order valence-corrected chi connectivity index (χ2v) is 8.62. The Kier molecular flexibility index (Phi) is 6.58. The van der Waals surface area contributed by atoms with Crippen LogP contribution in [0.5, 0.6) is 11.5 Å². The largest absolute Gasteiger partial charge is 0.486 e. The molecule has 7 nitrogen and oxygen atoms in total. The summed E-state index contributed by atoms with van der Waals surface area (Å²) in [7, 11) is -3.54. The molecule has 0 bridgehead atoms. The van der Waals surface area contributed by atoms with E-state index in [1.165, 1.54) is 24.3 Å². The van der Waals surface area contributed by atoms with Crippen molar-refractivity contribution in [1.82, 2.24) is 5.32 Å². The van der Waals surface area contributed by atoms with Gasteiger partial charge in [0.05, 0.1) is 18.5 Å². The van der Waals surface area contributed by atoms with Crippen LogP contribution < -0.4 is 19.1 Å². The number of hydrogen-bond acceptors (Lipinski definition) is 5. The fourth-order valence-electron chi connectivity index (χ4n) is 2.96. The summed E-state index contributed by atoms with van der Waals surface area (Å²) in [6, 6.07) is 12.5. The van der Waals surface area contributed by atoms with Crippen molar-refractivity contribution in [3.8, 4) is 11.5 Å². The number of halogens is 1. The second kappa shape index (κ2) is 9.13. The van der Waals surface area contributed by atoms with E-state index in [9.17, 15) is 17.6 Å². The van der Waals surface area contributed by atoms with Crippen molar-refractivity contribution in [3.05, 3.63) is 54.3 Å². The van der Waals surface area contributed by atoms with Crippen LogP contribution in [-0.4, -0.2) is 46.4 Å². The number of amides is 1. The van der Waals surface area contributed by atoms with E-state index in [-0.39, 0.29) is 25.0 Å². The first-order valence-electron chi connectivity index (χ1n) is 9.21. The van der Waals surface area contributed by atoms with Crippen LogP contribution in [0.4, 0.5) is 10.1 Å². The molecule has 1 heterocycles. The summed E-state index contributed by atoms with van der Waals surface area (Å²) in [6.07, 6.45) is 1.26. The van der Waals surface area contributed by atoms with Crippen LogP contribution in [0.25, 0.3) is 0 Å². The van der Waals surface area contributed by atoms with E-state index in [0.717, 1.165) is 10.6 Å². The highest BCUT2D eigenvalue weighted by atomic mass is 32.2. The number of hydrogen-bond donors (Lipinski definition) is 1. The van der Waals surface area contributed by atoms with E-state index in [2.05, 4.69) is 5.32 Å². The van der Waals surface area contributed by atoms with Gasteiger partial charge in [-0.1, -0.05) is 12.1 Å². The molecule has 0 fully saturated rings. The Balaban J connectivity index is 1.45. The number of benzene rings is 2. The summed E-state index contributed by atoms with van der Waals surface area (Å²) < 4.78 is 49.7. The summed E-state index contributed by atoms with van der Waals surface area (Å²) in [4.78, 5) is 12.1. The van der Waals surface area contributed by atoms with Gasteiger partial charge in [-0.15, -0.1) is 0 Å². The van der Waals surface area contributed by atoms with E-state index in [1.807, 2.05) is 18.2 Å². The van der Waals surface area contributed by atoms with Gasteiger partial charge in [0.1, 0.15) is 18.5 Å². The topological polar surface area (TPSA) is 84.9 Å². The number of carbonyl (C=O) groups is 1. The van der Waals surface area contributed by atoms with Crippen molar-refractivity contribution in [3.63, 3.8) is 0 Å². The molecule has 0 saturated carbocycles. The van der Waals surface area contributed by atoms with Crippen LogP contribution in [0.2, 0.25) is 0 Å². The first kappa shape index (κ1) is 20.9. The highest BCUT2D eigenvalue weighted by Crippen LogP contribution is 2.30. The third-order valence-corrected chi connectivity index (χ3v) is 5.57. The number of fused-ring (bicyclic) bond motifs is 1. The van der Waals surface area contributed by atoms with Gasteiger partial charge in [0.2, 0.25) is 15.9 Å². The Morgan fingerprint density at radius 3 is 2.55 bits per heavy atom. The number of nitrogens with zero attached hydrogens (tertiary/aromatic N) is 1. The van der Waals surface area contributed by atoms with Crippen LogP contribution in [0.15, 0.2) is 48.5 Å². The van der Waals surface area contributed by atoms with Crippen molar-refractivity contribution < 1.29 is 27.1 Å². The van der Waals surface area contributed by atoms with Crippen molar-refractivity contribution in [2.45, 2.75) is 18.9 Å². The number of nitrogens with one attached hydrogen (secondary N) is 1. The fraction of sp³-hybridized carbons (Fsp3) is 0.350. The van der Waals surface area contributed by atoms with Gasteiger partial charge in [0.15, 0.2) is 11.5 Å². The standard InChI is InChI=1S/C20H23FN2O5S/c1-29(25,26)23(16-10-8-15(21)9-11-16)12-4-7-20(24)22-13-17-14-27-18-5-2-3-6-19(18)28-17/h2-3,5-6,8-11,17H,4,7,12-14H2,1H3,(H,22,24)/t17-/m0/s1. The van der Waals surface area contributed by atoms with Crippen molar-refractivity contribution in [2.75, 3.05) is 30.3 Å². The predicted molar refractivity (Wildman–Crippen MR) is 107 cm³/mol. The molecule has 0 aliphatic carbocycles. The molecule has 1 N–H and O–H groups in total. The first-order valence-corrected chi connectivity index (χ1v) is 11.1. The quantitative estimate of drug-likeness (QED) is 0.706. The van der Waals surface area contributed by atoms with Crippen LogP contribution in [-0.2, 0) is 14.8 Å². The molecule has 0 saturated heterocycles. The van der Waals surface area contributed by atoms with Crippen molar-refractivity contribution in [2.24, 2.45) is 0 Å². The number of sulfonamides is 1. The molecule has 29 heavy (non-hydrogen) atoms. The normalized spacial score (nSPS) is 15.6. The lowest BCUT2D eigenvalue weighted by Crippen LogP contribution is -2.41. The summed E-state index contributed by atoms with van der Waals surface area (Å²) in [5, 5.41) is 2.78. The highest BCUT2D eigenvalue weighted by molar-refractivity contribution is 7.92. The molecule has 1 aliphatic rings.